The molecule has 0 aliphatic carbocycles. The molecule has 1 aliphatic heterocycles. The van der Waals surface area contributed by atoms with Crippen LogP contribution in [-0.2, 0) is 4.79 Å². The second kappa shape index (κ2) is 10.3. The fraction of sp³-hybridized carbons (Fsp3) is 0.435. The van der Waals surface area contributed by atoms with Crippen molar-refractivity contribution in [3.05, 3.63) is 52.7 Å². The van der Waals surface area contributed by atoms with Gasteiger partial charge in [-0.15, -0.1) is 21.5 Å². The molecular formula is C23H29N5OS2. The number of thioether (sulfide) groups is 1. The van der Waals surface area contributed by atoms with Crippen molar-refractivity contribution in [3.63, 3.8) is 0 Å². The highest BCUT2D eigenvalue weighted by Crippen LogP contribution is 2.29. The number of para-hydroxylation sites is 1. The molecule has 1 atom stereocenters. The Morgan fingerprint density at radius 3 is 2.55 bits per heavy atom. The van der Waals surface area contributed by atoms with E-state index >= 15 is 0 Å². The Kier molecular flexibility index (Phi) is 7.29. The maximum atomic E-state index is 12.8. The summed E-state index contributed by atoms with van der Waals surface area (Å²) in [5.74, 6) is 1.51. The SMILES string of the molecule is CC(C)C(NC(=O)CSc1nnc(N2CCCCC2)n1-c1ccccc1)c1cccs1. The first-order chi connectivity index (χ1) is 15.1. The minimum Gasteiger partial charge on any atom is -0.347 e. The fourth-order valence-electron chi connectivity index (χ4n) is 3.84. The van der Waals surface area contributed by atoms with Crippen LogP contribution in [0, 0.1) is 5.92 Å². The number of thiophene rings is 1. The van der Waals surface area contributed by atoms with Crippen molar-refractivity contribution in [1.82, 2.24) is 20.1 Å². The quantitative estimate of drug-likeness (QED) is 0.488. The smallest absolute Gasteiger partial charge is 0.232 e. The molecule has 8 heteroatoms. The molecule has 0 bridgehead atoms. The monoisotopic (exact) mass is 455 g/mol. The topological polar surface area (TPSA) is 63.1 Å². The van der Waals surface area contributed by atoms with Crippen LogP contribution in [0.3, 0.4) is 0 Å². The number of rotatable bonds is 8. The Morgan fingerprint density at radius 1 is 1.10 bits per heavy atom. The van der Waals surface area contributed by atoms with E-state index in [9.17, 15) is 4.79 Å². The summed E-state index contributed by atoms with van der Waals surface area (Å²) in [5.41, 5.74) is 1.02. The van der Waals surface area contributed by atoms with Crippen molar-refractivity contribution >= 4 is 35.0 Å². The number of aromatic nitrogens is 3. The van der Waals surface area contributed by atoms with Crippen LogP contribution in [0.4, 0.5) is 5.95 Å². The second-order valence-electron chi connectivity index (χ2n) is 8.09. The van der Waals surface area contributed by atoms with E-state index in [1.165, 1.54) is 35.9 Å². The van der Waals surface area contributed by atoms with Crippen LogP contribution in [0.1, 0.15) is 44.0 Å². The molecule has 31 heavy (non-hydrogen) atoms. The van der Waals surface area contributed by atoms with Crippen LogP contribution >= 0.6 is 23.1 Å². The number of hydrogen-bond donors (Lipinski definition) is 1. The molecule has 6 nitrogen and oxygen atoms in total. The van der Waals surface area contributed by atoms with Gasteiger partial charge < -0.3 is 10.2 Å². The summed E-state index contributed by atoms with van der Waals surface area (Å²) in [7, 11) is 0. The third-order valence-corrected chi connectivity index (χ3v) is 7.32. The highest BCUT2D eigenvalue weighted by molar-refractivity contribution is 7.99. The average molecular weight is 456 g/mol. The van der Waals surface area contributed by atoms with E-state index in [1.807, 2.05) is 24.3 Å². The van der Waals surface area contributed by atoms with Gasteiger partial charge in [-0.2, -0.15) is 0 Å². The Bertz CT molecular complexity index is 965. The van der Waals surface area contributed by atoms with Gasteiger partial charge in [0.25, 0.3) is 0 Å². The Labute approximate surface area is 192 Å². The molecule has 164 valence electrons. The predicted molar refractivity (Wildman–Crippen MR) is 128 cm³/mol. The summed E-state index contributed by atoms with van der Waals surface area (Å²) in [5, 5.41) is 15.0. The number of carbonyl (C=O) groups is 1. The van der Waals surface area contributed by atoms with Gasteiger partial charge in [0, 0.05) is 18.0 Å². The Hall–Kier alpha value is -2.32. The standard InChI is InChI=1S/C23H29N5OS2/c1-17(2)21(19-12-9-15-30-19)24-20(29)16-31-23-26-25-22(27-13-7-4-8-14-27)28(23)18-10-5-3-6-11-18/h3,5-6,9-12,15,17,21H,4,7-8,13-14,16H2,1-2H3,(H,24,29). The molecular weight excluding hydrogens is 426 g/mol. The first-order valence-electron chi connectivity index (χ1n) is 10.8. The average Bonchev–Trinajstić information content (AvgIpc) is 3.47. The molecule has 2 aromatic heterocycles. The Morgan fingerprint density at radius 2 is 1.87 bits per heavy atom. The van der Waals surface area contributed by atoms with Gasteiger partial charge in [0.05, 0.1) is 17.5 Å². The molecule has 1 saturated heterocycles. The molecule has 1 fully saturated rings. The lowest BCUT2D eigenvalue weighted by Gasteiger charge is -2.27. The lowest BCUT2D eigenvalue weighted by molar-refractivity contribution is -0.119. The molecule has 0 radical (unpaired) electrons. The van der Waals surface area contributed by atoms with Gasteiger partial charge in [0.2, 0.25) is 11.9 Å². The van der Waals surface area contributed by atoms with Crippen molar-refractivity contribution < 1.29 is 4.79 Å². The summed E-state index contributed by atoms with van der Waals surface area (Å²) >= 11 is 3.12. The zero-order valence-corrected chi connectivity index (χ0v) is 19.7. The van der Waals surface area contributed by atoms with Gasteiger partial charge in [-0.25, -0.2) is 0 Å². The largest absolute Gasteiger partial charge is 0.347 e. The lowest BCUT2D eigenvalue weighted by Crippen LogP contribution is -2.32. The van der Waals surface area contributed by atoms with E-state index in [0.717, 1.165) is 29.9 Å². The summed E-state index contributed by atoms with van der Waals surface area (Å²) in [6.07, 6.45) is 3.61. The number of carbonyl (C=O) groups excluding carboxylic acids is 1. The number of hydrogen-bond acceptors (Lipinski definition) is 6. The van der Waals surface area contributed by atoms with Crippen LogP contribution in [0.25, 0.3) is 5.69 Å². The number of anilines is 1. The number of nitrogens with zero attached hydrogens (tertiary/aromatic N) is 4. The molecule has 1 unspecified atom stereocenters. The van der Waals surface area contributed by atoms with Gasteiger partial charge in [-0.3, -0.25) is 9.36 Å². The normalized spacial score (nSPS) is 15.3. The highest BCUT2D eigenvalue weighted by Gasteiger charge is 2.23. The van der Waals surface area contributed by atoms with Gasteiger partial charge in [-0.1, -0.05) is 49.9 Å². The first-order valence-corrected chi connectivity index (χ1v) is 12.7. The number of piperidine rings is 1. The number of nitrogens with one attached hydrogen (secondary N) is 1. The Balaban J connectivity index is 1.50. The molecule has 0 spiro atoms. The molecule has 3 aromatic rings. The van der Waals surface area contributed by atoms with Crippen molar-refractivity contribution in [2.75, 3.05) is 23.7 Å². The van der Waals surface area contributed by atoms with Crippen LogP contribution < -0.4 is 10.2 Å². The zero-order valence-electron chi connectivity index (χ0n) is 18.0. The molecule has 1 aromatic carbocycles. The van der Waals surface area contributed by atoms with E-state index in [4.69, 9.17) is 0 Å². The van der Waals surface area contributed by atoms with Gasteiger partial charge >= 0.3 is 0 Å². The van der Waals surface area contributed by atoms with Crippen LogP contribution in [0.5, 0.6) is 0 Å². The summed E-state index contributed by atoms with van der Waals surface area (Å²) < 4.78 is 2.09. The molecule has 1 aliphatic rings. The second-order valence-corrected chi connectivity index (χ2v) is 10.0. The van der Waals surface area contributed by atoms with E-state index in [0.29, 0.717) is 11.7 Å². The van der Waals surface area contributed by atoms with Crippen LogP contribution in [0.15, 0.2) is 53.0 Å². The van der Waals surface area contributed by atoms with Crippen molar-refractivity contribution in [2.45, 2.75) is 44.3 Å². The minimum absolute atomic E-state index is 0.0132. The first kappa shape index (κ1) is 21.9. The predicted octanol–water partition coefficient (Wildman–Crippen LogP) is 4.92. The van der Waals surface area contributed by atoms with Gasteiger partial charge in [-0.05, 0) is 48.8 Å². The van der Waals surface area contributed by atoms with E-state index < -0.39 is 0 Å². The van der Waals surface area contributed by atoms with Crippen LogP contribution in [-0.4, -0.2) is 39.5 Å². The molecule has 3 heterocycles. The minimum atomic E-state index is 0.0132. The summed E-state index contributed by atoms with van der Waals surface area (Å²) in [6, 6.07) is 14.3. The van der Waals surface area contributed by atoms with Gasteiger partial charge in [0.1, 0.15) is 0 Å². The van der Waals surface area contributed by atoms with Gasteiger partial charge in [0.15, 0.2) is 5.16 Å². The van der Waals surface area contributed by atoms with E-state index in [-0.39, 0.29) is 11.9 Å². The van der Waals surface area contributed by atoms with Crippen LogP contribution in [0.2, 0.25) is 0 Å². The number of benzene rings is 1. The third-order valence-electron chi connectivity index (χ3n) is 5.43. The fourth-order valence-corrected chi connectivity index (χ4v) is 5.54. The number of amides is 1. The highest BCUT2D eigenvalue weighted by atomic mass is 32.2. The molecule has 0 saturated carbocycles. The van der Waals surface area contributed by atoms with Crippen molar-refractivity contribution in [2.24, 2.45) is 5.92 Å². The van der Waals surface area contributed by atoms with E-state index in [1.54, 1.807) is 11.3 Å². The molecule has 1 amide bonds. The maximum absolute atomic E-state index is 12.8. The van der Waals surface area contributed by atoms with Crippen molar-refractivity contribution in [3.8, 4) is 5.69 Å². The summed E-state index contributed by atoms with van der Waals surface area (Å²) in [4.78, 5) is 16.3. The lowest BCUT2D eigenvalue weighted by atomic mass is 10.0. The molecule has 1 N–H and O–H groups in total. The maximum Gasteiger partial charge on any atom is 0.232 e. The van der Waals surface area contributed by atoms with Crippen molar-refractivity contribution in [1.29, 1.82) is 0 Å². The zero-order chi connectivity index (χ0) is 21.6. The summed E-state index contributed by atoms with van der Waals surface area (Å²) in [6.45, 7) is 6.25. The van der Waals surface area contributed by atoms with E-state index in [2.05, 4.69) is 62.4 Å². The molecule has 4 rings (SSSR count). The third kappa shape index (κ3) is 5.30.